The van der Waals surface area contributed by atoms with E-state index >= 15 is 0 Å². The van der Waals surface area contributed by atoms with Crippen LogP contribution in [-0.4, -0.2) is 34.3 Å². The lowest BCUT2D eigenvalue weighted by atomic mass is 9.71. The number of phenols is 1. The van der Waals surface area contributed by atoms with Gasteiger partial charge in [-0.2, -0.15) is 0 Å². The third-order valence-electron chi connectivity index (χ3n) is 7.58. The Bertz CT molecular complexity index is 878. The minimum atomic E-state index is -0.706. The summed E-state index contributed by atoms with van der Waals surface area (Å²) in [5, 5.41) is 20.1. The van der Waals surface area contributed by atoms with E-state index in [1.807, 2.05) is 20.8 Å². The van der Waals surface area contributed by atoms with Gasteiger partial charge in [-0.25, -0.2) is 0 Å². The Morgan fingerprint density at radius 3 is 2.55 bits per heavy atom. The number of benzene rings is 1. The second-order valence-electron chi connectivity index (χ2n) is 9.77. The van der Waals surface area contributed by atoms with Gasteiger partial charge in [0.15, 0.2) is 5.96 Å². The molecular weight excluding hydrogens is 394 g/mol. The van der Waals surface area contributed by atoms with Crippen LogP contribution in [-0.2, 0) is 11.2 Å². The molecule has 4 atom stereocenters. The molecule has 0 aromatic heterocycles. The topological polar surface area (TPSA) is 131 Å². The van der Waals surface area contributed by atoms with Crippen LogP contribution in [0.5, 0.6) is 11.5 Å². The Hall–Kier alpha value is -2.44. The van der Waals surface area contributed by atoms with Crippen LogP contribution in [0.3, 0.4) is 0 Å². The monoisotopic (exact) mass is 431 g/mol. The van der Waals surface area contributed by atoms with Crippen molar-refractivity contribution < 1.29 is 19.7 Å². The average molecular weight is 432 g/mol. The van der Waals surface area contributed by atoms with Crippen molar-refractivity contribution in [2.24, 2.45) is 34.2 Å². The maximum Gasteiger partial charge on any atom is 0.306 e. The quantitative estimate of drug-likeness (QED) is 0.402. The molecule has 1 aliphatic heterocycles. The van der Waals surface area contributed by atoms with Gasteiger partial charge in [0.1, 0.15) is 17.1 Å². The third-order valence-corrected chi connectivity index (χ3v) is 7.58. The van der Waals surface area contributed by atoms with Gasteiger partial charge in [-0.3, -0.25) is 9.79 Å². The number of aromatic hydroxyl groups is 1. The van der Waals surface area contributed by atoms with Crippen LogP contribution in [0.1, 0.15) is 67.7 Å². The molecule has 172 valence electrons. The minimum Gasteiger partial charge on any atom is -0.507 e. The summed E-state index contributed by atoms with van der Waals surface area (Å²) in [5.41, 5.74) is 14.5. The predicted octanol–water partition coefficient (Wildman–Crippen LogP) is 3.57. The summed E-state index contributed by atoms with van der Waals surface area (Å²) in [5.74, 6) is 0.731. The van der Waals surface area contributed by atoms with Crippen LogP contribution < -0.4 is 16.2 Å². The molecule has 0 radical (unpaired) electrons. The normalized spacial score (nSPS) is 27.8. The summed E-state index contributed by atoms with van der Waals surface area (Å²) < 4.78 is 6.55. The SMILES string of the molecule is Cc1c(C)c2c(c(C)c1O)CCC(C)(CCC1CC(CN=C(N)N)CCC1C(=O)O)O2. The Kier molecular flexibility index (Phi) is 6.72. The fraction of sp³-hybridized carbons (Fsp3) is 0.667. The second kappa shape index (κ2) is 8.97. The van der Waals surface area contributed by atoms with E-state index in [-0.39, 0.29) is 23.4 Å². The number of hydrogen-bond acceptors (Lipinski definition) is 4. The zero-order valence-corrected chi connectivity index (χ0v) is 19.2. The number of nitrogens with zero attached hydrogens (tertiary/aromatic N) is 1. The van der Waals surface area contributed by atoms with Crippen molar-refractivity contribution in [1.82, 2.24) is 0 Å². The van der Waals surface area contributed by atoms with E-state index in [0.717, 1.165) is 66.5 Å². The van der Waals surface area contributed by atoms with Crippen molar-refractivity contribution in [3.05, 3.63) is 22.3 Å². The second-order valence-corrected chi connectivity index (χ2v) is 9.77. The molecule has 2 aliphatic rings. The molecule has 4 unspecified atom stereocenters. The molecule has 0 amide bonds. The van der Waals surface area contributed by atoms with E-state index < -0.39 is 5.97 Å². The Balaban J connectivity index is 1.73. The standard InChI is InChI=1S/C24H37N3O4/c1-13-14(2)21-18(15(3)20(13)28)8-10-24(4,31-21)9-7-17-11-16(12-27-23(25)26)5-6-19(17)22(29)30/h16-17,19,28H,5-12H2,1-4H3,(H,29,30)(H4,25,26,27). The van der Waals surface area contributed by atoms with Crippen LogP contribution in [0.4, 0.5) is 0 Å². The molecule has 1 heterocycles. The van der Waals surface area contributed by atoms with Gasteiger partial charge in [-0.15, -0.1) is 0 Å². The van der Waals surface area contributed by atoms with E-state index in [0.29, 0.717) is 24.6 Å². The van der Waals surface area contributed by atoms with Crippen LogP contribution in [0, 0.1) is 38.5 Å². The van der Waals surface area contributed by atoms with E-state index in [4.69, 9.17) is 16.2 Å². The van der Waals surface area contributed by atoms with Gasteiger partial charge in [0.25, 0.3) is 0 Å². The minimum absolute atomic E-state index is 0.0886. The molecule has 1 aromatic carbocycles. The number of rotatable bonds is 6. The molecule has 6 N–H and O–H groups in total. The summed E-state index contributed by atoms with van der Waals surface area (Å²) in [7, 11) is 0. The lowest BCUT2D eigenvalue weighted by Crippen LogP contribution is -2.39. The lowest BCUT2D eigenvalue weighted by molar-refractivity contribution is -0.145. The molecule has 0 saturated heterocycles. The number of phenolic OH excluding ortho intramolecular Hbond substituents is 1. The van der Waals surface area contributed by atoms with Crippen molar-refractivity contribution in [2.75, 3.05) is 6.54 Å². The van der Waals surface area contributed by atoms with E-state index in [9.17, 15) is 15.0 Å². The van der Waals surface area contributed by atoms with Crippen molar-refractivity contribution in [1.29, 1.82) is 0 Å². The number of guanidine groups is 1. The summed E-state index contributed by atoms with van der Waals surface area (Å²) in [4.78, 5) is 16.0. The third kappa shape index (κ3) is 4.91. The highest BCUT2D eigenvalue weighted by Crippen LogP contribution is 2.45. The van der Waals surface area contributed by atoms with Gasteiger partial charge < -0.3 is 26.4 Å². The highest BCUT2D eigenvalue weighted by Gasteiger charge is 2.39. The summed E-state index contributed by atoms with van der Waals surface area (Å²) in [6.45, 7) is 8.55. The lowest BCUT2D eigenvalue weighted by Gasteiger charge is -2.40. The molecule has 0 spiro atoms. The van der Waals surface area contributed by atoms with Crippen molar-refractivity contribution in [3.63, 3.8) is 0 Å². The number of nitrogens with two attached hydrogens (primary N) is 2. The smallest absolute Gasteiger partial charge is 0.306 e. The number of hydrogen-bond donors (Lipinski definition) is 4. The Morgan fingerprint density at radius 1 is 1.19 bits per heavy atom. The number of carboxylic acids is 1. The van der Waals surface area contributed by atoms with Gasteiger partial charge in [0.2, 0.25) is 0 Å². The first-order valence-corrected chi connectivity index (χ1v) is 11.3. The average Bonchev–Trinajstić information content (AvgIpc) is 2.73. The number of aliphatic carboxylic acids is 1. The molecule has 1 aliphatic carbocycles. The number of carbonyl (C=O) groups is 1. The molecule has 1 saturated carbocycles. The largest absolute Gasteiger partial charge is 0.507 e. The highest BCUT2D eigenvalue weighted by atomic mass is 16.5. The van der Waals surface area contributed by atoms with Crippen LogP contribution in [0.25, 0.3) is 0 Å². The number of aliphatic imine (C=N–C) groups is 1. The molecule has 1 aromatic rings. The van der Waals surface area contributed by atoms with Crippen LogP contribution in [0.15, 0.2) is 4.99 Å². The van der Waals surface area contributed by atoms with Crippen molar-refractivity contribution in [3.8, 4) is 11.5 Å². The molecule has 3 rings (SSSR count). The molecule has 7 heteroatoms. The van der Waals surface area contributed by atoms with Gasteiger partial charge in [-0.05, 0) is 101 Å². The van der Waals surface area contributed by atoms with Gasteiger partial charge >= 0.3 is 5.97 Å². The molecule has 31 heavy (non-hydrogen) atoms. The zero-order valence-electron chi connectivity index (χ0n) is 19.2. The first-order chi connectivity index (χ1) is 14.5. The van der Waals surface area contributed by atoms with Crippen LogP contribution >= 0.6 is 0 Å². The van der Waals surface area contributed by atoms with Crippen molar-refractivity contribution in [2.45, 2.75) is 78.2 Å². The van der Waals surface area contributed by atoms with Crippen molar-refractivity contribution >= 4 is 11.9 Å². The molecular formula is C24H37N3O4. The summed E-state index contributed by atoms with van der Waals surface area (Å²) in [6, 6.07) is 0. The Morgan fingerprint density at radius 2 is 1.90 bits per heavy atom. The first kappa shape index (κ1) is 23.2. The van der Waals surface area contributed by atoms with E-state index in [2.05, 4.69) is 11.9 Å². The number of carboxylic acid groups (broad SMARTS) is 1. The Labute approximate surface area is 184 Å². The number of ether oxygens (including phenoxy) is 1. The molecule has 7 nitrogen and oxygen atoms in total. The number of fused-ring (bicyclic) bond motifs is 1. The zero-order chi connectivity index (χ0) is 22.9. The van der Waals surface area contributed by atoms with E-state index in [1.54, 1.807) is 0 Å². The molecule has 0 bridgehead atoms. The van der Waals surface area contributed by atoms with Gasteiger partial charge in [0.05, 0.1) is 5.92 Å². The van der Waals surface area contributed by atoms with Gasteiger partial charge in [0, 0.05) is 12.1 Å². The van der Waals surface area contributed by atoms with Crippen LogP contribution in [0.2, 0.25) is 0 Å². The molecule has 1 fully saturated rings. The maximum atomic E-state index is 11.9. The maximum absolute atomic E-state index is 11.9. The summed E-state index contributed by atoms with van der Waals surface area (Å²) in [6.07, 6.45) is 5.64. The first-order valence-electron chi connectivity index (χ1n) is 11.3. The fourth-order valence-electron chi connectivity index (χ4n) is 5.37. The predicted molar refractivity (Wildman–Crippen MR) is 122 cm³/mol. The highest BCUT2D eigenvalue weighted by molar-refractivity contribution is 5.75. The fourth-order valence-corrected chi connectivity index (χ4v) is 5.37. The van der Waals surface area contributed by atoms with E-state index in [1.165, 1.54) is 0 Å². The summed E-state index contributed by atoms with van der Waals surface area (Å²) >= 11 is 0. The van der Waals surface area contributed by atoms with Gasteiger partial charge in [-0.1, -0.05) is 0 Å².